The van der Waals surface area contributed by atoms with E-state index in [9.17, 15) is 14.0 Å². The number of rotatable bonds is 4. The van der Waals surface area contributed by atoms with Crippen molar-refractivity contribution in [3.05, 3.63) is 45.7 Å². The fourth-order valence-electron chi connectivity index (χ4n) is 1.46. The first-order chi connectivity index (χ1) is 9.45. The maximum Gasteiger partial charge on any atom is 0.258 e. The number of thiazole rings is 1. The van der Waals surface area contributed by atoms with Crippen LogP contribution < -0.4 is 11.1 Å². The second-order valence-electron chi connectivity index (χ2n) is 3.87. The van der Waals surface area contributed by atoms with Crippen LogP contribution in [0.1, 0.15) is 16.1 Å². The molecule has 1 aromatic heterocycles. The fourth-order valence-corrected chi connectivity index (χ4v) is 2.42. The number of amides is 2. The number of hydrogen-bond acceptors (Lipinski definition) is 4. The third kappa shape index (κ3) is 3.52. The Balaban J connectivity index is 2.11. The Labute approximate surface area is 122 Å². The zero-order valence-corrected chi connectivity index (χ0v) is 11.6. The zero-order chi connectivity index (χ0) is 14.7. The number of nitrogens with one attached hydrogen (secondary N) is 1. The first-order valence-corrected chi connectivity index (χ1v) is 6.70. The minimum absolute atomic E-state index is 0.00365. The third-order valence-corrected chi connectivity index (χ3v) is 3.42. The molecule has 1 heterocycles. The number of aromatic nitrogens is 1. The number of primary amides is 1. The van der Waals surface area contributed by atoms with E-state index >= 15 is 0 Å². The van der Waals surface area contributed by atoms with Gasteiger partial charge in [-0.05, 0) is 18.2 Å². The molecule has 5 nitrogen and oxygen atoms in total. The highest BCUT2D eigenvalue weighted by Crippen LogP contribution is 2.21. The van der Waals surface area contributed by atoms with Gasteiger partial charge in [0.25, 0.3) is 5.91 Å². The summed E-state index contributed by atoms with van der Waals surface area (Å²) in [5, 5.41) is 4.46. The SMILES string of the molecule is NC(=O)Cc1csc(NC(=O)c2ccc(F)cc2Cl)n1. The lowest BCUT2D eigenvalue weighted by Gasteiger charge is -2.03. The van der Waals surface area contributed by atoms with Crippen molar-refractivity contribution in [1.82, 2.24) is 4.98 Å². The quantitative estimate of drug-likeness (QED) is 0.907. The molecule has 0 aliphatic heterocycles. The Morgan fingerprint density at radius 2 is 2.20 bits per heavy atom. The molecule has 0 radical (unpaired) electrons. The van der Waals surface area contributed by atoms with E-state index in [1.807, 2.05) is 0 Å². The van der Waals surface area contributed by atoms with Crippen molar-refractivity contribution in [1.29, 1.82) is 0 Å². The van der Waals surface area contributed by atoms with Crippen molar-refractivity contribution in [2.75, 3.05) is 5.32 Å². The highest BCUT2D eigenvalue weighted by molar-refractivity contribution is 7.14. The van der Waals surface area contributed by atoms with Crippen LogP contribution >= 0.6 is 22.9 Å². The molecule has 1 aromatic carbocycles. The van der Waals surface area contributed by atoms with Gasteiger partial charge in [-0.1, -0.05) is 11.6 Å². The van der Waals surface area contributed by atoms with Crippen LogP contribution in [-0.2, 0) is 11.2 Å². The average Bonchev–Trinajstić information content (AvgIpc) is 2.75. The predicted molar refractivity (Wildman–Crippen MR) is 74.4 cm³/mol. The van der Waals surface area contributed by atoms with Gasteiger partial charge in [-0.25, -0.2) is 9.37 Å². The van der Waals surface area contributed by atoms with E-state index in [1.165, 1.54) is 6.07 Å². The van der Waals surface area contributed by atoms with Gasteiger partial charge in [0.15, 0.2) is 5.13 Å². The summed E-state index contributed by atoms with van der Waals surface area (Å²) in [6, 6.07) is 3.48. The molecule has 2 aromatic rings. The van der Waals surface area contributed by atoms with E-state index in [4.69, 9.17) is 17.3 Å². The predicted octanol–water partition coefficient (Wildman–Crippen LogP) is 2.22. The van der Waals surface area contributed by atoms with Crippen LogP contribution in [0.15, 0.2) is 23.6 Å². The number of nitrogens with two attached hydrogens (primary N) is 1. The molecule has 0 saturated heterocycles. The number of benzene rings is 1. The number of anilines is 1. The molecule has 0 saturated carbocycles. The molecule has 0 bridgehead atoms. The van der Waals surface area contributed by atoms with Crippen LogP contribution in [-0.4, -0.2) is 16.8 Å². The summed E-state index contributed by atoms with van der Waals surface area (Å²) in [6.45, 7) is 0. The normalized spacial score (nSPS) is 10.3. The second-order valence-corrected chi connectivity index (χ2v) is 5.13. The van der Waals surface area contributed by atoms with E-state index in [0.717, 1.165) is 23.5 Å². The summed E-state index contributed by atoms with van der Waals surface area (Å²) >= 11 is 6.94. The summed E-state index contributed by atoms with van der Waals surface area (Å²) in [4.78, 5) is 26.7. The first kappa shape index (κ1) is 14.4. The van der Waals surface area contributed by atoms with E-state index in [0.29, 0.717) is 10.8 Å². The van der Waals surface area contributed by atoms with Gasteiger partial charge in [-0.15, -0.1) is 11.3 Å². The summed E-state index contributed by atoms with van der Waals surface area (Å²) in [6.07, 6.45) is 0.00365. The molecule has 20 heavy (non-hydrogen) atoms. The molecule has 0 unspecified atom stereocenters. The van der Waals surface area contributed by atoms with Crippen LogP contribution in [0, 0.1) is 5.82 Å². The van der Waals surface area contributed by atoms with Gasteiger partial charge < -0.3 is 5.73 Å². The van der Waals surface area contributed by atoms with Crippen molar-refractivity contribution in [3.63, 3.8) is 0 Å². The Bertz CT molecular complexity index is 674. The van der Waals surface area contributed by atoms with E-state index in [2.05, 4.69) is 10.3 Å². The summed E-state index contributed by atoms with van der Waals surface area (Å²) < 4.78 is 12.9. The van der Waals surface area contributed by atoms with Crippen molar-refractivity contribution < 1.29 is 14.0 Å². The lowest BCUT2D eigenvalue weighted by Crippen LogP contribution is -2.15. The Hall–Kier alpha value is -1.99. The molecular formula is C12H9ClFN3O2S. The van der Waals surface area contributed by atoms with Gasteiger partial charge in [-0.3, -0.25) is 14.9 Å². The van der Waals surface area contributed by atoms with Gasteiger partial charge in [0.05, 0.1) is 22.7 Å². The second kappa shape index (κ2) is 5.98. The summed E-state index contributed by atoms with van der Waals surface area (Å²) in [5.41, 5.74) is 5.66. The Morgan fingerprint density at radius 1 is 1.45 bits per heavy atom. The lowest BCUT2D eigenvalue weighted by atomic mass is 10.2. The van der Waals surface area contributed by atoms with Crippen molar-refractivity contribution in [3.8, 4) is 0 Å². The van der Waals surface area contributed by atoms with E-state index in [1.54, 1.807) is 5.38 Å². The smallest absolute Gasteiger partial charge is 0.258 e. The molecule has 2 amide bonds. The standard InChI is InChI=1S/C12H9ClFN3O2S/c13-9-3-6(14)1-2-8(9)11(19)17-12-16-7(5-20-12)4-10(15)18/h1-3,5H,4H2,(H2,15,18)(H,16,17,19). The van der Waals surface area contributed by atoms with Crippen LogP contribution in [0.25, 0.3) is 0 Å². The van der Waals surface area contributed by atoms with Gasteiger partial charge in [-0.2, -0.15) is 0 Å². The number of carbonyl (C=O) groups excluding carboxylic acids is 2. The molecule has 104 valence electrons. The van der Waals surface area contributed by atoms with Crippen molar-refractivity contribution >= 4 is 39.9 Å². The monoisotopic (exact) mass is 313 g/mol. The maximum absolute atomic E-state index is 12.9. The number of carbonyl (C=O) groups is 2. The van der Waals surface area contributed by atoms with Crippen LogP contribution in [0.3, 0.4) is 0 Å². The zero-order valence-electron chi connectivity index (χ0n) is 10.0. The minimum Gasteiger partial charge on any atom is -0.369 e. The van der Waals surface area contributed by atoms with Gasteiger partial charge >= 0.3 is 0 Å². The largest absolute Gasteiger partial charge is 0.369 e. The molecule has 3 N–H and O–H groups in total. The van der Waals surface area contributed by atoms with Crippen molar-refractivity contribution in [2.45, 2.75) is 6.42 Å². The fraction of sp³-hybridized carbons (Fsp3) is 0.0833. The molecular weight excluding hydrogens is 305 g/mol. The molecule has 0 spiro atoms. The lowest BCUT2D eigenvalue weighted by molar-refractivity contribution is -0.117. The average molecular weight is 314 g/mol. The molecule has 0 atom stereocenters. The molecule has 0 aliphatic rings. The molecule has 0 fully saturated rings. The molecule has 2 rings (SSSR count). The third-order valence-electron chi connectivity index (χ3n) is 2.30. The van der Waals surface area contributed by atoms with Gasteiger partial charge in [0.2, 0.25) is 5.91 Å². The van der Waals surface area contributed by atoms with Gasteiger partial charge in [0, 0.05) is 5.38 Å². The Kier molecular flexibility index (Phi) is 4.31. The molecule has 8 heteroatoms. The highest BCUT2D eigenvalue weighted by Gasteiger charge is 2.13. The van der Waals surface area contributed by atoms with Crippen molar-refractivity contribution in [2.24, 2.45) is 5.73 Å². The minimum atomic E-state index is -0.524. The number of nitrogens with zero attached hydrogens (tertiary/aromatic N) is 1. The van der Waals surface area contributed by atoms with E-state index < -0.39 is 17.6 Å². The summed E-state index contributed by atoms with van der Waals surface area (Å²) in [5.74, 6) is -1.53. The Morgan fingerprint density at radius 3 is 2.85 bits per heavy atom. The van der Waals surface area contributed by atoms with Crippen LogP contribution in [0.5, 0.6) is 0 Å². The highest BCUT2D eigenvalue weighted by atomic mass is 35.5. The maximum atomic E-state index is 12.9. The van der Waals surface area contributed by atoms with Gasteiger partial charge in [0.1, 0.15) is 5.82 Å². The van der Waals surface area contributed by atoms with E-state index in [-0.39, 0.29) is 17.0 Å². The summed E-state index contributed by atoms with van der Waals surface area (Å²) in [7, 11) is 0. The van der Waals surface area contributed by atoms with Crippen LogP contribution in [0.4, 0.5) is 9.52 Å². The van der Waals surface area contributed by atoms with Crippen LogP contribution in [0.2, 0.25) is 5.02 Å². The first-order valence-electron chi connectivity index (χ1n) is 5.45. The number of hydrogen-bond donors (Lipinski definition) is 2. The number of halogens is 2. The molecule has 0 aliphatic carbocycles. The topological polar surface area (TPSA) is 85.1 Å².